The lowest BCUT2D eigenvalue weighted by molar-refractivity contribution is 0.108. The molecule has 1 N–H and O–H groups in total. The highest BCUT2D eigenvalue weighted by molar-refractivity contribution is 6.30. The van der Waals surface area contributed by atoms with E-state index in [1.165, 1.54) is 37.8 Å². The average molecular weight is 275 g/mol. The van der Waals surface area contributed by atoms with Crippen molar-refractivity contribution in [2.75, 3.05) is 5.43 Å². The summed E-state index contributed by atoms with van der Waals surface area (Å²) in [6.07, 6.45) is 7.00. The van der Waals surface area contributed by atoms with Crippen molar-refractivity contribution in [3.63, 3.8) is 0 Å². The molecule has 0 amide bonds. The lowest BCUT2D eigenvalue weighted by Crippen LogP contribution is -2.45. The summed E-state index contributed by atoms with van der Waals surface area (Å²) in [4.78, 5) is 0. The summed E-state index contributed by atoms with van der Waals surface area (Å²) in [7, 11) is 0. The van der Waals surface area contributed by atoms with Crippen molar-refractivity contribution in [2.24, 2.45) is 28.8 Å². The predicted molar refractivity (Wildman–Crippen MR) is 79.6 cm³/mol. The zero-order chi connectivity index (χ0) is 12.8. The summed E-state index contributed by atoms with van der Waals surface area (Å²) in [5.41, 5.74) is 5.65. The Morgan fingerprint density at radius 1 is 1.00 bits per heavy atom. The highest BCUT2D eigenvalue weighted by Gasteiger charge is 2.46. The standard InChI is InChI=1S/C16H19ClN2/c17-14-2-1-3-15(9-14)18-19-16-12-5-10-4-11(7-12)8-13(16)6-10/h1-3,9-13,18H,4-8H2. The highest BCUT2D eigenvalue weighted by Crippen LogP contribution is 2.52. The van der Waals surface area contributed by atoms with Crippen molar-refractivity contribution in [1.82, 2.24) is 0 Å². The Morgan fingerprint density at radius 2 is 1.68 bits per heavy atom. The van der Waals surface area contributed by atoms with Crippen LogP contribution in [0.25, 0.3) is 0 Å². The largest absolute Gasteiger partial charge is 0.278 e. The SMILES string of the molecule is Clc1cccc(NN=C2C3CC4CC(C3)CC2C4)c1. The second-order valence-electron chi connectivity index (χ2n) is 6.46. The van der Waals surface area contributed by atoms with Crippen LogP contribution in [0.3, 0.4) is 0 Å². The van der Waals surface area contributed by atoms with Gasteiger partial charge in [0.05, 0.1) is 5.69 Å². The lowest BCUT2D eigenvalue weighted by Gasteiger charge is -2.50. The predicted octanol–water partition coefficient (Wildman–Crippen LogP) is 4.56. The number of anilines is 1. The zero-order valence-electron chi connectivity index (χ0n) is 11.0. The first-order valence-corrected chi connectivity index (χ1v) is 7.75. The molecule has 0 radical (unpaired) electrons. The van der Waals surface area contributed by atoms with Crippen LogP contribution < -0.4 is 5.43 Å². The number of hydrazone groups is 1. The third-order valence-corrected chi connectivity index (χ3v) is 5.35. The van der Waals surface area contributed by atoms with E-state index in [1.807, 2.05) is 24.3 Å². The first-order chi connectivity index (χ1) is 9.28. The number of nitrogens with zero attached hydrogens (tertiary/aromatic N) is 1. The second-order valence-corrected chi connectivity index (χ2v) is 6.90. The topological polar surface area (TPSA) is 24.4 Å². The molecular weight excluding hydrogens is 256 g/mol. The Hall–Kier alpha value is -1.02. The Bertz CT molecular complexity index is 493. The molecule has 2 nitrogen and oxygen atoms in total. The second kappa shape index (κ2) is 4.52. The molecule has 3 heteroatoms. The highest BCUT2D eigenvalue weighted by atomic mass is 35.5. The Labute approximate surface area is 119 Å². The number of halogens is 1. The molecule has 4 aliphatic carbocycles. The maximum atomic E-state index is 6.00. The normalized spacial score (nSPS) is 35.5. The van der Waals surface area contributed by atoms with Gasteiger partial charge in [0.25, 0.3) is 0 Å². The van der Waals surface area contributed by atoms with Gasteiger partial charge in [0, 0.05) is 10.7 Å². The summed E-state index contributed by atoms with van der Waals surface area (Å²) < 4.78 is 0. The van der Waals surface area contributed by atoms with E-state index < -0.39 is 0 Å². The molecule has 1 aromatic rings. The van der Waals surface area contributed by atoms with Crippen molar-refractivity contribution in [2.45, 2.75) is 32.1 Å². The molecule has 0 heterocycles. The van der Waals surface area contributed by atoms with Crippen molar-refractivity contribution < 1.29 is 0 Å². The zero-order valence-corrected chi connectivity index (χ0v) is 11.7. The number of nitrogens with one attached hydrogen (secondary N) is 1. The van der Waals surface area contributed by atoms with Gasteiger partial charge in [-0.2, -0.15) is 5.10 Å². The van der Waals surface area contributed by atoms with Crippen LogP contribution in [0.15, 0.2) is 29.4 Å². The van der Waals surface area contributed by atoms with Gasteiger partial charge < -0.3 is 0 Å². The molecule has 0 atom stereocenters. The van der Waals surface area contributed by atoms with E-state index in [4.69, 9.17) is 16.7 Å². The smallest absolute Gasteiger partial charge is 0.0576 e. The number of rotatable bonds is 2. The molecule has 100 valence electrons. The van der Waals surface area contributed by atoms with Crippen molar-refractivity contribution in [3.05, 3.63) is 29.3 Å². The van der Waals surface area contributed by atoms with E-state index in [0.29, 0.717) is 0 Å². The number of hydrogen-bond acceptors (Lipinski definition) is 2. The Balaban J connectivity index is 1.54. The van der Waals surface area contributed by atoms with Gasteiger partial charge in [-0.15, -0.1) is 0 Å². The maximum Gasteiger partial charge on any atom is 0.0576 e. The van der Waals surface area contributed by atoms with E-state index in [9.17, 15) is 0 Å². The molecular formula is C16H19ClN2. The minimum absolute atomic E-state index is 0.753. The molecule has 19 heavy (non-hydrogen) atoms. The quantitative estimate of drug-likeness (QED) is 0.785. The molecule has 4 fully saturated rings. The lowest BCUT2D eigenvalue weighted by atomic mass is 9.55. The van der Waals surface area contributed by atoms with Gasteiger partial charge in [-0.3, -0.25) is 5.43 Å². The van der Waals surface area contributed by atoms with E-state index >= 15 is 0 Å². The molecule has 4 saturated carbocycles. The summed E-state index contributed by atoms with van der Waals surface area (Å²) in [5, 5.41) is 5.50. The molecule has 0 saturated heterocycles. The summed E-state index contributed by atoms with van der Waals surface area (Å²) >= 11 is 6.00. The van der Waals surface area contributed by atoms with E-state index in [0.717, 1.165) is 34.4 Å². The monoisotopic (exact) mass is 274 g/mol. The van der Waals surface area contributed by atoms with Gasteiger partial charge >= 0.3 is 0 Å². The van der Waals surface area contributed by atoms with Gasteiger partial charge in [-0.1, -0.05) is 17.7 Å². The van der Waals surface area contributed by atoms with Crippen molar-refractivity contribution in [1.29, 1.82) is 0 Å². The number of hydrogen-bond donors (Lipinski definition) is 1. The third kappa shape index (κ3) is 2.16. The molecule has 4 bridgehead atoms. The third-order valence-electron chi connectivity index (χ3n) is 5.11. The van der Waals surface area contributed by atoms with Crippen LogP contribution in [0.2, 0.25) is 5.02 Å². The van der Waals surface area contributed by atoms with Crippen LogP contribution in [0.4, 0.5) is 5.69 Å². The van der Waals surface area contributed by atoms with E-state index in [-0.39, 0.29) is 0 Å². The fourth-order valence-corrected chi connectivity index (χ4v) is 4.73. The first kappa shape index (κ1) is 11.8. The van der Waals surface area contributed by atoms with Crippen LogP contribution in [0.5, 0.6) is 0 Å². The first-order valence-electron chi connectivity index (χ1n) is 7.37. The van der Waals surface area contributed by atoms with Crippen LogP contribution in [-0.2, 0) is 0 Å². The summed E-state index contributed by atoms with van der Waals surface area (Å²) in [6.45, 7) is 0. The maximum absolute atomic E-state index is 6.00. The fraction of sp³-hybridized carbons (Fsp3) is 0.562. The molecule has 0 spiro atoms. The van der Waals surface area contributed by atoms with Gasteiger partial charge in [-0.05, 0) is 74.0 Å². The Morgan fingerprint density at radius 3 is 2.32 bits per heavy atom. The van der Waals surface area contributed by atoms with Crippen molar-refractivity contribution >= 4 is 23.0 Å². The molecule has 1 aromatic carbocycles. The Kier molecular flexibility index (Phi) is 2.80. The van der Waals surface area contributed by atoms with Gasteiger partial charge in [0.1, 0.15) is 0 Å². The molecule has 4 aliphatic rings. The minimum Gasteiger partial charge on any atom is -0.278 e. The van der Waals surface area contributed by atoms with Gasteiger partial charge in [-0.25, -0.2) is 0 Å². The minimum atomic E-state index is 0.753. The average Bonchev–Trinajstić information content (AvgIpc) is 2.37. The van der Waals surface area contributed by atoms with Crippen molar-refractivity contribution in [3.8, 4) is 0 Å². The van der Waals surface area contributed by atoms with E-state index in [1.54, 1.807) is 0 Å². The van der Waals surface area contributed by atoms with Crippen LogP contribution in [0, 0.1) is 23.7 Å². The van der Waals surface area contributed by atoms with E-state index in [2.05, 4.69) is 5.43 Å². The molecule has 0 aromatic heterocycles. The van der Waals surface area contributed by atoms with Gasteiger partial charge in [0.2, 0.25) is 0 Å². The molecule has 0 aliphatic heterocycles. The van der Waals surface area contributed by atoms with Crippen LogP contribution in [-0.4, -0.2) is 5.71 Å². The van der Waals surface area contributed by atoms with Gasteiger partial charge in [0.15, 0.2) is 0 Å². The van der Waals surface area contributed by atoms with Crippen LogP contribution in [0.1, 0.15) is 32.1 Å². The van der Waals surface area contributed by atoms with Crippen LogP contribution >= 0.6 is 11.6 Å². The summed E-state index contributed by atoms with van der Waals surface area (Å²) in [6, 6.07) is 7.80. The fourth-order valence-electron chi connectivity index (χ4n) is 4.54. The number of benzene rings is 1. The molecule has 0 unspecified atom stereocenters. The molecule has 5 rings (SSSR count). The summed E-state index contributed by atoms with van der Waals surface area (Å²) in [5.74, 6) is 3.49.